The first-order chi connectivity index (χ1) is 14.1. The maximum Gasteiger partial charge on any atom is 0.262 e. The molecule has 1 aliphatic rings. The van der Waals surface area contributed by atoms with Crippen LogP contribution < -0.4 is 10.6 Å². The first-order valence-electron chi connectivity index (χ1n) is 9.43. The van der Waals surface area contributed by atoms with Crippen LogP contribution in [-0.2, 0) is 22.7 Å². The normalized spacial score (nSPS) is 13.8. The van der Waals surface area contributed by atoms with Crippen LogP contribution in [0.5, 0.6) is 0 Å². The Bertz CT molecular complexity index is 1110. The number of rotatable bonds is 7. The number of furan rings is 1. The standard InChI is InChI=1S/C22H20N4O3/c23-11-15(22(28)25-17-7-8-17)10-16-13-26(20-6-2-1-5-19(16)20)14-21(27)24-12-18-4-3-9-29-18/h1-6,9-10,13,17H,7-8,12,14H2,(H,24,27)(H,25,28). The molecule has 1 aromatic carbocycles. The van der Waals surface area contributed by atoms with Crippen LogP contribution in [0, 0.1) is 11.3 Å². The van der Waals surface area contributed by atoms with E-state index >= 15 is 0 Å². The number of carbonyl (C=O) groups excluding carboxylic acids is 2. The molecule has 29 heavy (non-hydrogen) atoms. The summed E-state index contributed by atoms with van der Waals surface area (Å²) in [6.07, 6.45) is 6.84. The molecule has 3 aromatic rings. The minimum Gasteiger partial charge on any atom is -0.467 e. The van der Waals surface area contributed by atoms with E-state index in [4.69, 9.17) is 4.42 Å². The summed E-state index contributed by atoms with van der Waals surface area (Å²) in [6, 6.07) is 13.3. The van der Waals surface area contributed by atoms with Crippen LogP contribution >= 0.6 is 0 Å². The van der Waals surface area contributed by atoms with E-state index in [9.17, 15) is 14.9 Å². The van der Waals surface area contributed by atoms with Crippen LogP contribution in [0.25, 0.3) is 17.0 Å². The van der Waals surface area contributed by atoms with Gasteiger partial charge in [-0.25, -0.2) is 0 Å². The lowest BCUT2D eigenvalue weighted by atomic mass is 10.1. The molecule has 7 nitrogen and oxygen atoms in total. The maximum atomic E-state index is 12.4. The average Bonchev–Trinajstić information content (AvgIpc) is 3.26. The zero-order valence-electron chi connectivity index (χ0n) is 15.7. The first kappa shape index (κ1) is 18.6. The van der Waals surface area contributed by atoms with Crippen LogP contribution in [0.1, 0.15) is 24.2 Å². The van der Waals surface area contributed by atoms with Crippen molar-refractivity contribution in [3.8, 4) is 6.07 Å². The zero-order valence-corrected chi connectivity index (χ0v) is 15.7. The highest BCUT2D eigenvalue weighted by Gasteiger charge is 2.25. The Morgan fingerprint density at radius 3 is 2.79 bits per heavy atom. The van der Waals surface area contributed by atoms with E-state index in [1.54, 1.807) is 30.7 Å². The van der Waals surface area contributed by atoms with Gasteiger partial charge in [0.1, 0.15) is 23.9 Å². The number of aromatic nitrogens is 1. The Morgan fingerprint density at radius 1 is 1.24 bits per heavy atom. The van der Waals surface area contributed by atoms with Crippen molar-refractivity contribution in [2.24, 2.45) is 0 Å². The number of hydrogen-bond acceptors (Lipinski definition) is 4. The molecule has 7 heteroatoms. The summed E-state index contributed by atoms with van der Waals surface area (Å²) in [5.74, 6) is 0.160. The molecule has 0 spiro atoms. The first-order valence-corrected chi connectivity index (χ1v) is 9.43. The van der Waals surface area contributed by atoms with Gasteiger partial charge in [-0.3, -0.25) is 9.59 Å². The third-order valence-corrected chi connectivity index (χ3v) is 4.75. The topological polar surface area (TPSA) is 100 Å². The van der Waals surface area contributed by atoms with E-state index in [0.29, 0.717) is 12.3 Å². The second-order valence-corrected chi connectivity index (χ2v) is 7.00. The predicted molar refractivity (Wildman–Crippen MR) is 107 cm³/mol. The van der Waals surface area contributed by atoms with Crippen molar-refractivity contribution >= 4 is 28.8 Å². The number of fused-ring (bicyclic) bond motifs is 1. The summed E-state index contributed by atoms with van der Waals surface area (Å²) in [5, 5.41) is 15.9. The SMILES string of the molecule is N#CC(=Cc1cn(CC(=O)NCc2ccco2)c2ccccc12)C(=O)NC1CC1. The maximum absolute atomic E-state index is 12.4. The molecular formula is C22H20N4O3. The Labute approximate surface area is 167 Å². The fourth-order valence-electron chi connectivity index (χ4n) is 3.13. The Morgan fingerprint density at radius 2 is 2.07 bits per heavy atom. The molecule has 0 bridgehead atoms. The fourth-order valence-corrected chi connectivity index (χ4v) is 3.13. The van der Waals surface area contributed by atoms with E-state index < -0.39 is 0 Å². The highest BCUT2D eigenvalue weighted by Crippen LogP contribution is 2.24. The minimum absolute atomic E-state index is 0.0575. The van der Waals surface area contributed by atoms with Crippen LogP contribution in [0.4, 0.5) is 0 Å². The zero-order chi connectivity index (χ0) is 20.2. The van der Waals surface area contributed by atoms with Crippen molar-refractivity contribution in [1.82, 2.24) is 15.2 Å². The van der Waals surface area contributed by atoms with Gasteiger partial charge in [0.2, 0.25) is 5.91 Å². The van der Waals surface area contributed by atoms with Crippen molar-refractivity contribution in [2.45, 2.75) is 32.0 Å². The van der Waals surface area contributed by atoms with Gasteiger partial charge in [-0.2, -0.15) is 5.26 Å². The monoisotopic (exact) mass is 388 g/mol. The number of nitrogens with zero attached hydrogens (tertiary/aromatic N) is 2. The van der Waals surface area contributed by atoms with Gasteiger partial charge < -0.3 is 19.6 Å². The molecule has 0 radical (unpaired) electrons. The average molecular weight is 388 g/mol. The number of carbonyl (C=O) groups is 2. The number of nitrogens with one attached hydrogen (secondary N) is 2. The number of amides is 2. The van der Waals surface area contributed by atoms with Crippen molar-refractivity contribution in [3.05, 3.63) is 65.8 Å². The summed E-state index contributed by atoms with van der Waals surface area (Å²) < 4.78 is 7.03. The largest absolute Gasteiger partial charge is 0.467 e. The number of benzene rings is 1. The Kier molecular flexibility index (Phi) is 5.16. The molecule has 1 aliphatic carbocycles. The van der Waals surface area contributed by atoms with E-state index in [1.165, 1.54) is 0 Å². The Hall–Kier alpha value is -3.79. The van der Waals surface area contributed by atoms with Crippen LogP contribution in [0.3, 0.4) is 0 Å². The van der Waals surface area contributed by atoms with Crippen molar-refractivity contribution in [2.75, 3.05) is 0 Å². The highest BCUT2D eigenvalue weighted by molar-refractivity contribution is 6.04. The number of nitriles is 1. The van der Waals surface area contributed by atoms with Gasteiger partial charge in [-0.1, -0.05) is 18.2 Å². The van der Waals surface area contributed by atoms with Crippen LogP contribution in [-0.4, -0.2) is 22.4 Å². The minimum atomic E-state index is -0.358. The molecule has 0 aliphatic heterocycles. The molecule has 2 amide bonds. The van der Waals surface area contributed by atoms with E-state index in [0.717, 1.165) is 29.3 Å². The fraction of sp³-hybridized carbons (Fsp3) is 0.227. The lowest BCUT2D eigenvalue weighted by Gasteiger charge is -2.06. The van der Waals surface area contributed by atoms with E-state index in [2.05, 4.69) is 10.6 Å². The lowest BCUT2D eigenvalue weighted by Crippen LogP contribution is -2.26. The van der Waals surface area contributed by atoms with Gasteiger partial charge in [0.25, 0.3) is 5.91 Å². The predicted octanol–water partition coefficient (Wildman–Crippen LogP) is 2.74. The third kappa shape index (κ3) is 4.38. The second kappa shape index (κ2) is 8.07. The molecule has 146 valence electrons. The lowest BCUT2D eigenvalue weighted by molar-refractivity contribution is -0.122. The van der Waals surface area contributed by atoms with Crippen LogP contribution in [0.15, 0.2) is 58.8 Å². The summed E-state index contributed by atoms with van der Waals surface area (Å²) in [5.41, 5.74) is 1.63. The molecule has 0 saturated heterocycles. The summed E-state index contributed by atoms with van der Waals surface area (Å²) in [6.45, 7) is 0.433. The van der Waals surface area contributed by atoms with Gasteiger partial charge in [0.05, 0.1) is 12.8 Å². The van der Waals surface area contributed by atoms with Gasteiger partial charge in [0.15, 0.2) is 0 Å². The van der Waals surface area contributed by atoms with Crippen molar-refractivity contribution < 1.29 is 14.0 Å². The molecule has 2 aromatic heterocycles. The molecule has 1 fully saturated rings. The Balaban J connectivity index is 1.56. The van der Waals surface area contributed by atoms with Gasteiger partial charge in [-0.15, -0.1) is 0 Å². The highest BCUT2D eigenvalue weighted by atomic mass is 16.3. The second-order valence-electron chi connectivity index (χ2n) is 7.00. The van der Waals surface area contributed by atoms with Gasteiger partial charge >= 0.3 is 0 Å². The number of para-hydroxylation sites is 1. The quantitative estimate of drug-likeness (QED) is 0.480. The summed E-state index contributed by atoms with van der Waals surface area (Å²) in [4.78, 5) is 24.6. The third-order valence-electron chi connectivity index (χ3n) is 4.75. The summed E-state index contributed by atoms with van der Waals surface area (Å²) in [7, 11) is 0. The molecule has 0 atom stereocenters. The van der Waals surface area contributed by atoms with Crippen LogP contribution in [0.2, 0.25) is 0 Å². The molecule has 2 heterocycles. The van der Waals surface area contributed by atoms with Crippen molar-refractivity contribution in [1.29, 1.82) is 5.26 Å². The van der Waals surface area contributed by atoms with Gasteiger partial charge in [-0.05, 0) is 37.1 Å². The van der Waals surface area contributed by atoms with E-state index in [-0.39, 0.29) is 30.0 Å². The molecule has 0 unspecified atom stereocenters. The smallest absolute Gasteiger partial charge is 0.262 e. The van der Waals surface area contributed by atoms with Crippen molar-refractivity contribution in [3.63, 3.8) is 0 Å². The summed E-state index contributed by atoms with van der Waals surface area (Å²) >= 11 is 0. The molecule has 2 N–H and O–H groups in total. The number of hydrogen-bond donors (Lipinski definition) is 2. The molecule has 1 saturated carbocycles. The molecular weight excluding hydrogens is 368 g/mol. The molecule has 4 rings (SSSR count). The van der Waals surface area contributed by atoms with Gasteiger partial charge in [0, 0.05) is 28.7 Å². The van der Waals surface area contributed by atoms with E-state index in [1.807, 2.05) is 34.9 Å².